The minimum Gasteiger partial charge on any atom is -0.336 e. The number of nitrogens with zero attached hydrogens (tertiary/aromatic N) is 2. The van der Waals surface area contributed by atoms with E-state index in [0.29, 0.717) is 11.6 Å². The summed E-state index contributed by atoms with van der Waals surface area (Å²) in [7, 11) is -4.07. The first-order chi connectivity index (χ1) is 12.2. The monoisotopic (exact) mass is 400 g/mol. The van der Waals surface area contributed by atoms with Crippen molar-refractivity contribution in [3.8, 4) is 0 Å². The van der Waals surface area contributed by atoms with E-state index in [0.717, 1.165) is 26.2 Å². The summed E-state index contributed by atoms with van der Waals surface area (Å²) in [6.45, 7) is 4.36. The maximum absolute atomic E-state index is 13.9. The summed E-state index contributed by atoms with van der Waals surface area (Å²) >= 11 is 1.54. The molecule has 2 aromatic rings. The van der Waals surface area contributed by atoms with Crippen molar-refractivity contribution in [1.82, 2.24) is 9.21 Å². The summed E-state index contributed by atoms with van der Waals surface area (Å²) in [6.07, 6.45) is 0. The van der Waals surface area contributed by atoms with Crippen LogP contribution in [0.2, 0.25) is 0 Å². The molecule has 0 bridgehead atoms. The fourth-order valence-corrected chi connectivity index (χ4v) is 5.35. The van der Waals surface area contributed by atoms with Crippen LogP contribution >= 0.6 is 11.3 Å². The van der Waals surface area contributed by atoms with Crippen molar-refractivity contribution in [1.29, 1.82) is 0 Å². The maximum atomic E-state index is 13.9. The fraction of sp³-hybridized carbons (Fsp3) is 0.353. The van der Waals surface area contributed by atoms with Gasteiger partial charge in [-0.1, -0.05) is 0 Å². The minimum absolute atomic E-state index is 0.0626. The zero-order chi connectivity index (χ0) is 19.1. The fourth-order valence-electron chi connectivity index (χ4n) is 2.97. The number of aryl methyl sites for hydroxylation is 2. The van der Waals surface area contributed by atoms with E-state index in [4.69, 9.17) is 0 Å². The van der Waals surface area contributed by atoms with E-state index in [1.54, 1.807) is 16.2 Å². The van der Waals surface area contributed by atoms with Gasteiger partial charge in [-0.3, -0.25) is 4.79 Å². The Balaban J connectivity index is 1.73. The first kappa shape index (κ1) is 18.9. The van der Waals surface area contributed by atoms with Crippen LogP contribution in [0, 0.1) is 25.5 Å². The van der Waals surface area contributed by atoms with E-state index in [1.807, 2.05) is 19.9 Å². The van der Waals surface area contributed by atoms with Gasteiger partial charge in [0.15, 0.2) is 0 Å². The second-order valence-corrected chi connectivity index (χ2v) is 9.46. The number of hydrogen-bond acceptors (Lipinski definition) is 4. The second-order valence-electron chi connectivity index (χ2n) is 6.10. The molecule has 0 atom stereocenters. The highest BCUT2D eigenvalue weighted by Crippen LogP contribution is 2.24. The van der Waals surface area contributed by atoms with E-state index in [-0.39, 0.29) is 32.1 Å². The van der Waals surface area contributed by atoms with Crippen LogP contribution < -0.4 is 0 Å². The Kier molecular flexibility index (Phi) is 5.14. The normalized spacial score (nSPS) is 16.1. The van der Waals surface area contributed by atoms with Crippen LogP contribution in [0.3, 0.4) is 0 Å². The molecule has 1 saturated heterocycles. The van der Waals surface area contributed by atoms with Crippen molar-refractivity contribution < 1.29 is 22.0 Å². The quantitative estimate of drug-likeness (QED) is 0.796. The largest absolute Gasteiger partial charge is 0.336 e. The predicted octanol–water partition coefficient (Wildman–Crippen LogP) is 2.79. The Morgan fingerprint density at radius 3 is 2.27 bits per heavy atom. The van der Waals surface area contributed by atoms with Gasteiger partial charge in [0.2, 0.25) is 10.0 Å². The molecule has 1 aliphatic rings. The zero-order valence-corrected chi connectivity index (χ0v) is 16.0. The maximum Gasteiger partial charge on any atom is 0.255 e. The highest BCUT2D eigenvalue weighted by Gasteiger charge is 2.32. The first-order valence-electron chi connectivity index (χ1n) is 8.01. The number of hydrogen-bond donors (Lipinski definition) is 0. The molecule has 140 valence electrons. The van der Waals surface area contributed by atoms with Crippen LogP contribution in [0.15, 0.2) is 29.2 Å². The number of carbonyl (C=O) groups excluding carboxylic acids is 1. The second kappa shape index (κ2) is 7.05. The lowest BCUT2D eigenvalue weighted by molar-refractivity contribution is 0.0697. The van der Waals surface area contributed by atoms with Crippen LogP contribution in [0.4, 0.5) is 8.78 Å². The standard InChI is InChI=1S/C17H18F2N2O3S2/c1-11-9-14(12(2)25-11)17(22)20-5-7-21(8-6-20)26(23,24)16-4-3-13(18)10-15(16)19/h3-4,9-10H,5-8H2,1-2H3. The molecule has 3 rings (SSSR count). The van der Waals surface area contributed by atoms with Crippen LogP contribution in [0.5, 0.6) is 0 Å². The zero-order valence-electron chi connectivity index (χ0n) is 14.3. The number of carbonyl (C=O) groups is 1. The molecule has 26 heavy (non-hydrogen) atoms. The SMILES string of the molecule is Cc1cc(C(=O)N2CCN(S(=O)(=O)c3ccc(F)cc3F)CC2)c(C)s1. The van der Waals surface area contributed by atoms with E-state index in [9.17, 15) is 22.0 Å². The van der Waals surface area contributed by atoms with Crippen molar-refractivity contribution in [3.63, 3.8) is 0 Å². The van der Waals surface area contributed by atoms with Crippen molar-refractivity contribution in [2.75, 3.05) is 26.2 Å². The molecule has 1 amide bonds. The lowest BCUT2D eigenvalue weighted by Crippen LogP contribution is -2.50. The number of amides is 1. The molecule has 1 fully saturated rings. The third-order valence-electron chi connectivity index (χ3n) is 4.31. The van der Waals surface area contributed by atoms with Crippen LogP contribution in [0.1, 0.15) is 20.1 Å². The molecule has 2 heterocycles. The van der Waals surface area contributed by atoms with Crippen molar-refractivity contribution in [2.24, 2.45) is 0 Å². The molecule has 1 aromatic carbocycles. The Labute approximate surface area is 154 Å². The van der Waals surface area contributed by atoms with Gasteiger partial charge < -0.3 is 4.90 Å². The summed E-state index contributed by atoms with van der Waals surface area (Å²) in [5.41, 5.74) is 0.633. The Hall–Kier alpha value is -1.84. The molecule has 9 heteroatoms. The van der Waals surface area contributed by atoms with Crippen LogP contribution in [-0.4, -0.2) is 49.7 Å². The van der Waals surface area contributed by atoms with Crippen molar-refractivity contribution in [2.45, 2.75) is 18.7 Å². The molecular formula is C17H18F2N2O3S2. The lowest BCUT2D eigenvalue weighted by atomic mass is 10.2. The molecular weight excluding hydrogens is 382 g/mol. The van der Waals surface area contributed by atoms with Gasteiger partial charge in [0.1, 0.15) is 16.5 Å². The van der Waals surface area contributed by atoms with Gasteiger partial charge >= 0.3 is 0 Å². The summed E-state index contributed by atoms with van der Waals surface area (Å²) in [6, 6.07) is 4.22. The molecule has 1 aliphatic heterocycles. The number of halogens is 2. The number of benzene rings is 1. The first-order valence-corrected chi connectivity index (χ1v) is 10.3. The Morgan fingerprint density at radius 1 is 1.08 bits per heavy atom. The molecule has 0 spiro atoms. The van der Waals surface area contributed by atoms with Gasteiger partial charge in [0.05, 0.1) is 5.56 Å². The van der Waals surface area contributed by atoms with Gasteiger partial charge in [-0.25, -0.2) is 17.2 Å². The molecule has 0 unspecified atom stereocenters. The average molecular weight is 400 g/mol. The van der Waals surface area contributed by atoms with Gasteiger partial charge in [-0.2, -0.15) is 4.31 Å². The van der Waals surface area contributed by atoms with E-state index >= 15 is 0 Å². The smallest absolute Gasteiger partial charge is 0.255 e. The molecule has 0 aliphatic carbocycles. The topological polar surface area (TPSA) is 57.7 Å². The van der Waals surface area contributed by atoms with E-state index in [2.05, 4.69) is 0 Å². The molecule has 0 N–H and O–H groups in total. The van der Waals surface area contributed by atoms with Gasteiger partial charge in [0.25, 0.3) is 5.91 Å². The Bertz CT molecular complexity index is 949. The highest BCUT2D eigenvalue weighted by molar-refractivity contribution is 7.89. The van der Waals surface area contributed by atoms with E-state index < -0.39 is 26.6 Å². The number of rotatable bonds is 3. The number of thiophene rings is 1. The van der Waals surface area contributed by atoms with Gasteiger partial charge in [0, 0.05) is 42.0 Å². The summed E-state index contributed by atoms with van der Waals surface area (Å²) in [5.74, 6) is -2.08. The van der Waals surface area contributed by atoms with Gasteiger partial charge in [-0.05, 0) is 32.0 Å². The predicted molar refractivity (Wildman–Crippen MR) is 94.8 cm³/mol. The number of piperazine rings is 1. The summed E-state index contributed by atoms with van der Waals surface area (Å²) in [5, 5.41) is 0. The van der Waals surface area contributed by atoms with Crippen molar-refractivity contribution in [3.05, 3.63) is 51.2 Å². The molecule has 0 radical (unpaired) electrons. The van der Waals surface area contributed by atoms with Crippen LogP contribution in [-0.2, 0) is 10.0 Å². The lowest BCUT2D eigenvalue weighted by Gasteiger charge is -2.34. The summed E-state index contributed by atoms with van der Waals surface area (Å²) < 4.78 is 53.2. The molecule has 5 nitrogen and oxygen atoms in total. The number of sulfonamides is 1. The third kappa shape index (κ3) is 3.51. The van der Waals surface area contributed by atoms with Gasteiger partial charge in [-0.15, -0.1) is 11.3 Å². The highest BCUT2D eigenvalue weighted by atomic mass is 32.2. The van der Waals surface area contributed by atoms with Crippen molar-refractivity contribution >= 4 is 27.3 Å². The molecule has 0 saturated carbocycles. The third-order valence-corrected chi connectivity index (χ3v) is 7.21. The average Bonchev–Trinajstić information content (AvgIpc) is 2.92. The van der Waals surface area contributed by atoms with Crippen LogP contribution in [0.25, 0.3) is 0 Å². The Morgan fingerprint density at radius 2 is 1.73 bits per heavy atom. The minimum atomic E-state index is -4.07. The molecule has 1 aromatic heterocycles. The van der Waals surface area contributed by atoms with E-state index in [1.165, 1.54) is 0 Å². The summed E-state index contributed by atoms with van der Waals surface area (Å²) in [4.78, 5) is 15.6.